The number of halogens is 1. The van der Waals surface area contributed by atoms with Crippen LogP contribution in [0.5, 0.6) is 0 Å². The summed E-state index contributed by atoms with van der Waals surface area (Å²) in [5, 5.41) is 0. The summed E-state index contributed by atoms with van der Waals surface area (Å²) in [6.45, 7) is 7.58. The van der Waals surface area contributed by atoms with Gasteiger partial charge in [-0.25, -0.2) is 0 Å². The lowest BCUT2D eigenvalue weighted by Gasteiger charge is -2.28. The Hall–Kier alpha value is -1.06. The molecule has 0 saturated heterocycles. The Labute approximate surface area is 140 Å². The first-order valence-corrected chi connectivity index (χ1v) is 8.18. The van der Waals surface area contributed by atoms with Gasteiger partial charge in [0.15, 0.2) is 0 Å². The van der Waals surface area contributed by atoms with Crippen molar-refractivity contribution in [3.63, 3.8) is 0 Å². The fourth-order valence-electron chi connectivity index (χ4n) is 3.29. The van der Waals surface area contributed by atoms with Crippen molar-refractivity contribution >= 4 is 5.97 Å². The molecule has 1 aromatic rings. The van der Waals surface area contributed by atoms with Gasteiger partial charge in [-0.1, -0.05) is 57.0 Å². The monoisotopic (exact) mass is 324 g/mol. The van der Waals surface area contributed by atoms with Crippen LogP contribution in [0.1, 0.15) is 45.1 Å². The van der Waals surface area contributed by atoms with Crippen LogP contribution < -0.4 is 12.4 Å². The molecule has 1 aliphatic rings. The highest BCUT2D eigenvalue weighted by Crippen LogP contribution is 2.42. The number of esters is 1. The Kier molecular flexibility index (Phi) is 7.91. The van der Waals surface area contributed by atoms with E-state index in [9.17, 15) is 4.79 Å². The maximum atomic E-state index is 12.7. The number of likely N-dealkylation sites (N-methyl/N-ethyl adjacent to an activating group) is 1. The van der Waals surface area contributed by atoms with Gasteiger partial charge in [-0.15, -0.1) is 0 Å². The first kappa shape index (κ1) is 19.0. The number of nitrogens with zero attached hydrogens (tertiary/aromatic N) is 1. The number of hydrogen-bond acceptors (Lipinski definition) is 3. The molecule has 0 bridgehead atoms. The third kappa shape index (κ3) is 4.23. The van der Waals surface area contributed by atoms with Crippen LogP contribution in [0.2, 0.25) is 0 Å². The fraction of sp³-hybridized carbons (Fsp3) is 0.611. The van der Waals surface area contributed by atoms with Crippen LogP contribution in [0.25, 0.3) is 0 Å². The molecule has 0 aromatic heterocycles. The standard InChI is InChI=1S/C18H27NO2.ClH/c1-3-19(4-2)14-15-21-17(20)18(12-8-9-13-18)16-10-6-5-7-11-16;/h5-7,10-11H,3-4,8-9,12-15H2,1-2H3;1H/p-1. The molecule has 124 valence electrons. The van der Waals surface area contributed by atoms with Crippen molar-refractivity contribution in [2.24, 2.45) is 0 Å². The van der Waals surface area contributed by atoms with Gasteiger partial charge >= 0.3 is 5.97 Å². The summed E-state index contributed by atoms with van der Waals surface area (Å²) in [6, 6.07) is 10.2. The Morgan fingerprint density at radius 3 is 2.27 bits per heavy atom. The van der Waals surface area contributed by atoms with Crippen LogP contribution in [-0.2, 0) is 14.9 Å². The number of benzene rings is 1. The van der Waals surface area contributed by atoms with Crippen LogP contribution in [0.4, 0.5) is 0 Å². The van der Waals surface area contributed by atoms with Crippen molar-refractivity contribution in [3.05, 3.63) is 35.9 Å². The molecule has 0 atom stereocenters. The molecule has 0 heterocycles. The summed E-state index contributed by atoms with van der Waals surface area (Å²) in [4.78, 5) is 15.0. The molecule has 0 unspecified atom stereocenters. The minimum Gasteiger partial charge on any atom is -1.00 e. The van der Waals surface area contributed by atoms with E-state index in [1.807, 2.05) is 18.2 Å². The minimum atomic E-state index is -0.398. The zero-order valence-electron chi connectivity index (χ0n) is 13.7. The van der Waals surface area contributed by atoms with Crippen LogP contribution >= 0.6 is 0 Å². The second-order valence-electron chi connectivity index (χ2n) is 5.82. The minimum absolute atomic E-state index is 0. The quantitative estimate of drug-likeness (QED) is 0.680. The van der Waals surface area contributed by atoms with Gasteiger partial charge in [0.05, 0.1) is 5.41 Å². The van der Waals surface area contributed by atoms with E-state index < -0.39 is 5.41 Å². The first-order valence-electron chi connectivity index (χ1n) is 8.18. The maximum Gasteiger partial charge on any atom is 0.316 e. The molecule has 0 radical (unpaired) electrons. The van der Waals surface area contributed by atoms with E-state index >= 15 is 0 Å². The van der Waals surface area contributed by atoms with Gasteiger partial charge in [-0.3, -0.25) is 4.79 Å². The van der Waals surface area contributed by atoms with E-state index in [1.54, 1.807) is 0 Å². The predicted octanol–water partition coefficient (Wildman–Crippen LogP) is 0.387. The second kappa shape index (κ2) is 9.16. The lowest BCUT2D eigenvalue weighted by atomic mass is 9.79. The highest BCUT2D eigenvalue weighted by atomic mass is 35.5. The zero-order valence-corrected chi connectivity index (χ0v) is 14.4. The van der Waals surface area contributed by atoms with Gasteiger partial charge in [0.2, 0.25) is 0 Å². The first-order chi connectivity index (χ1) is 10.2. The van der Waals surface area contributed by atoms with Crippen LogP contribution in [-0.4, -0.2) is 37.1 Å². The molecule has 1 saturated carbocycles. The van der Waals surface area contributed by atoms with Crippen molar-refractivity contribution in [1.29, 1.82) is 0 Å². The molecule has 3 nitrogen and oxygen atoms in total. The number of ether oxygens (including phenoxy) is 1. The molecule has 4 heteroatoms. The third-order valence-corrected chi connectivity index (χ3v) is 4.71. The SMILES string of the molecule is CCN(CC)CCOC(=O)C1(c2ccccc2)CCCC1.[Cl-]. The van der Waals surface area contributed by atoms with Crippen LogP contribution in [0.15, 0.2) is 30.3 Å². The second-order valence-corrected chi connectivity index (χ2v) is 5.82. The molecule has 1 aliphatic carbocycles. The van der Waals surface area contributed by atoms with E-state index in [4.69, 9.17) is 4.74 Å². The van der Waals surface area contributed by atoms with E-state index in [0.717, 1.165) is 50.9 Å². The molecule has 1 fully saturated rings. The van der Waals surface area contributed by atoms with Crippen LogP contribution in [0.3, 0.4) is 0 Å². The maximum absolute atomic E-state index is 12.7. The van der Waals surface area contributed by atoms with Crippen molar-refractivity contribution in [3.8, 4) is 0 Å². The molecule has 0 amide bonds. The highest BCUT2D eigenvalue weighted by Gasteiger charge is 2.43. The Morgan fingerprint density at radius 2 is 1.73 bits per heavy atom. The molecule has 22 heavy (non-hydrogen) atoms. The van der Waals surface area contributed by atoms with Gasteiger partial charge in [0.1, 0.15) is 6.61 Å². The Balaban J connectivity index is 0.00000242. The average molecular weight is 325 g/mol. The Bertz CT molecular complexity index is 440. The van der Waals surface area contributed by atoms with Gasteiger partial charge in [0.25, 0.3) is 0 Å². The summed E-state index contributed by atoms with van der Waals surface area (Å²) in [5.74, 6) is -0.0293. The average Bonchev–Trinajstić information content (AvgIpc) is 3.03. The molecule has 0 N–H and O–H groups in total. The molecular weight excluding hydrogens is 298 g/mol. The predicted molar refractivity (Wildman–Crippen MR) is 85.3 cm³/mol. The normalized spacial score (nSPS) is 16.3. The smallest absolute Gasteiger partial charge is 0.316 e. The summed E-state index contributed by atoms with van der Waals surface area (Å²) in [6.07, 6.45) is 4.06. The van der Waals surface area contributed by atoms with Crippen LogP contribution in [0, 0.1) is 0 Å². The van der Waals surface area contributed by atoms with E-state index in [-0.39, 0.29) is 18.4 Å². The summed E-state index contributed by atoms with van der Waals surface area (Å²) in [5.41, 5.74) is 0.722. The lowest BCUT2D eigenvalue weighted by molar-refractivity contribution is -0.151. The van der Waals surface area contributed by atoms with Crippen molar-refractivity contribution in [1.82, 2.24) is 4.90 Å². The highest BCUT2D eigenvalue weighted by molar-refractivity contribution is 5.83. The number of carbonyl (C=O) groups excluding carboxylic acids is 1. The molecule has 0 aliphatic heterocycles. The number of carbonyl (C=O) groups is 1. The van der Waals surface area contributed by atoms with Gasteiger partial charge in [-0.05, 0) is 31.5 Å². The summed E-state index contributed by atoms with van der Waals surface area (Å²) < 4.78 is 5.64. The summed E-state index contributed by atoms with van der Waals surface area (Å²) >= 11 is 0. The lowest BCUT2D eigenvalue weighted by Crippen LogP contribution is -3.00. The van der Waals surface area contributed by atoms with E-state index in [2.05, 4.69) is 30.9 Å². The third-order valence-electron chi connectivity index (χ3n) is 4.71. The van der Waals surface area contributed by atoms with Crippen molar-refractivity contribution < 1.29 is 21.9 Å². The largest absolute Gasteiger partial charge is 1.00 e. The zero-order chi connectivity index (χ0) is 15.1. The fourth-order valence-corrected chi connectivity index (χ4v) is 3.29. The van der Waals surface area contributed by atoms with Gasteiger partial charge in [-0.2, -0.15) is 0 Å². The number of hydrogen-bond donors (Lipinski definition) is 0. The van der Waals surface area contributed by atoms with Gasteiger partial charge < -0.3 is 22.0 Å². The van der Waals surface area contributed by atoms with Crippen molar-refractivity contribution in [2.75, 3.05) is 26.2 Å². The summed E-state index contributed by atoms with van der Waals surface area (Å²) in [7, 11) is 0. The van der Waals surface area contributed by atoms with E-state index in [0.29, 0.717) is 6.61 Å². The molecule has 0 spiro atoms. The molecule has 2 rings (SSSR count). The van der Waals surface area contributed by atoms with Crippen molar-refractivity contribution in [2.45, 2.75) is 44.9 Å². The van der Waals surface area contributed by atoms with E-state index in [1.165, 1.54) is 0 Å². The van der Waals surface area contributed by atoms with Gasteiger partial charge in [0, 0.05) is 6.54 Å². The topological polar surface area (TPSA) is 29.5 Å². The number of rotatable bonds is 7. The Morgan fingerprint density at radius 1 is 1.14 bits per heavy atom. The molecule has 1 aromatic carbocycles. The molecular formula is C18H27ClNO2-.